The van der Waals surface area contributed by atoms with E-state index in [1.54, 1.807) is 16.9 Å². The van der Waals surface area contributed by atoms with Gasteiger partial charge in [-0.1, -0.05) is 11.3 Å². The number of aromatic nitrogens is 4. The molecule has 0 fully saturated rings. The van der Waals surface area contributed by atoms with Crippen molar-refractivity contribution < 1.29 is 4.39 Å². The van der Waals surface area contributed by atoms with E-state index in [1.165, 1.54) is 12.1 Å². The van der Waals surface area contributed by atoms with Gasteiger partial charge in [0.25, 0.3) is 0 Å². The molecule has 0 unspecified atom stereocenters. The third-order valence-corrected chi connectivity index (χ3v) is 3.09. The van der Waals surface area contributed by atoms with Crippen LogP contribution < -0.4 is 5.73 Å². The van der Waals surface area contributed by atoms with Gasteiger partial charge in [0.2, 0.25) is 0 Å². The van der Waals surface area contributed by atoms with E-state index in [4.69, 9.17) is 5.73 Å². The van der Waals surface area contributed by atoms with Crippen LogP contribution in [-0.2, 0) is 6.54 Å². The van der Waals surface area contributed by atoms with Crippen LogP contribution in [0.2, 0.25) is 0 Å². The lowest BCUT2D eigenvalue weighted by Gasteiger charge is -2.07. The molecule has 0 atom stereocenters. The van der Waals surface area contributed by atoms with Crippen LogP contribution in [0.1, 0.15) is 11.3 Å². The van der Waals surface area contributed by atoms with Gasteiger partial charge in [0.1, 0.15) is 5.82 Å². The number of rotatable bonds is 2. The van der Waals surface area contributed by atoms with E-state index in [2.05, 4.69) is 15.3 Å². The highest BCUT2D eigenvalue weighted by Gasteiger charge is 2.10. The predicted molar refractivity (Wildman–Crippen MR) is 70.0 cm³/mol. The minimum atomic E-state index is -0.291. The normalized spacial score (nSPS) is 11.1. The fourth-order valence-electron chi connectivity index (χ4n) is 2.03. The fourth-order valence-corrected chi connectivity index (χ4v) is 2.03. The molecule has 19 heavy (non-hydrogen) atoms. The van der Waals surface area contributed by atoms with Crippen molar-refractivity contribution in [2.45, 2.75) is 13.5 Å². The first-order valence-corrected chi connectivity index (χ1v) is 5.84. The highest BCUT2D eigenvalue weighted by molar-refractivity contribution is 5.81. The van der Waals surface area contributed by atoms with Crippen LogP contribution in [0.4, 0.5) is 10.2 Å². The van der Waals surface area contributed by atoms with Crippen molar-refractivity contribution in [3.05, 3.63) is 47.5 Å². The molecule has 0 amide bonds. The Hall–Kier alpha value is -2.50. The number of nitrogens with two attached hydrogens (primary N) is 1. The third-order valence-electron chi connectivity index (χ3n) is 3.09. The molecule has 96 valence electrons. The Balaban J connectivity index is 2.12. The molecule has 3 rings (SSSR count). The summed E-state index contributed by atoms with van der Waals surface area (Å²) in [6.07, 6.45) is 1.69. The minimum absolute atomic E-state index is 0.291. The highest BCUT2D eigenvalue weighted by atomic mass is 19.1. The molecule has 0 saturated carbocycles. The summed E-state index contributed by atoms with van der Waals surface area (Å²) < 4.78 is 15.2. The summed E-state index contributed by atoms with van der Waals surface area (Å²) in [6.45, 7) is 2.21. The van der Waals surface area contributed by atoms with Crippen LogP contribution in [-0.4, -0.2) is 20.0 Å². The van der Waals surface area contributed by atoms with Gasteiger partial charge in [-0.3, -0.25) is 4.98 Å². The predicted octanol–water partition coefficient (Wildman–Crippen LogP) is 1.90. The van der Waals surface area contributed by atoms with E-state index >= 15 is 0 Å². The lowest BCUT2D eigenvalue weighted by molar-refractivity contribution is 0.612. The minimum Gasteiger partial charge on any atom is -0.381 e. The molecule has 3 aromatic rings. The summed E-state index contributed by atoms with van der Waals surface area (Å²) in [5.41, 5.74) is 7.93. The maximum atomic E-state index is 13.6. The molecule has 6 heteroatoms. The Morgan fingerprint density at radius 1 is 1.37 bits per heavy atom. The smallest absolute Gasteiger partial charge is 0.168 e. The van der Waals surface area contributed by atoms with Gasteiger partial charge in [-0.2, -0.15) is 0 Å². The Labute approximate surface area is 108 Å². The lowest BCUT2D eigenvalue weighted by atomic mass is 10.1. The number of anilines is 1. The molecule has 2 N–H and O–H groups in total. The van der Waals surface area contributed by atoms with Gasteiger partial charge < -0.3 is 5.73 Å². The summed E-state index contributed by atoms with van der Waals surface area (Å²) in [5, 5.41) is 8.50. The highest BCUT2D eigenvalue weighted by Crippen LogP contribution is 2.20. The number of benzene rings is 1. The Kier molecular flexibility index (Phi) is 2.63. The molecule has 0 radical (unpaired) electrons. The van der Waals surface area contributed by atoms with Gasteiger partial charge in [-0.15, -0.1) is 5.10 Å². The van der Waals surface area contributed by atoms with Gasteiger partial charge in [-0.05, 0) is 25.1 Å². The van der Waals surface area contributed by atoms with E-state index in [1.807, 2.05) is 13.0 Å². The summed E-state index contributed by atoms with van der Waals surface area (Å²) in [7, 11) is 0. The molecular formula is C13H12FN5. The standard InChI is InChI=1S/C13H12FN5/c1-8-13(15)17-18-19(8)7-10-6-11(14)5-9-3-2-4-16-12(9)10/h2-6H,7,15H2,1H3. The van der Waals surface area contributed by atoms with Crippen LogP contribution in [0, 0.1) is 12.7 Å². The molecule has 1 aromatic carbocycles. The number of hydrogen-bond donors (Lipinski definition) is 1. The second-order valence-electron chi connectivity index (χ2n) is 4.36. The van der Waals surface area contributed by atoms with E-state index in [9.17, 15) is 4.39 Å². The van der Waals surface area contributed by atoms with E-state index in [0.29, 0.717) is 12.4 Å². The van der Waals surface area contributed by atoms with E-state index in [0.717, 1.165) is 22.2 Å². The first-order valence-electron chi connectivity index (χ1n) is 5.84. The van der Waals surface area contributed by atoms with Crippen LogP contribution in [0.3, 0.4) is 0 Å². The molecule has 0 aliphatic carbocycles. The lowest BCUT2D eigenvalue weighted by Crippen LogP contribution is -2.06. The van der Waals surface area contributed by atoms with Gasteiger partial charge in [0, 0.05) is 17.1 Å². The van der Waals surface area contributed by atoms with Crippen LogP contribution in [0.5, 0.6) is 0 Å². The first-order chi connectivity index (χ1) is 9.15. The van der Waals surface area contributed by atoms with Crippen molar-refractivity contribution in [1.82, 2.24) is 20.0 Å². The summed E-state index contributed by atoms with van der Waals surface area (Å²) >= 11 is 0. The number of nitrogens with zero attached hydrogens (tertiary/aromatic N) is 4. The summed E-state index contributed by atoms with van der Waals surface area (Å²) in [4.78, 5) is 4.30. The first kappa shape index (κ1) is 11.6. The van der Waals surface area contributed by atoms with Crippen molar-refractivity contribution in [3.8, 4) is 0 Å². The van der Waals surface area contributed by atoms with Crippen LogP contribution >= 0.6 is 0 Å². The molecule has 0 aliphatic heterocycles. The van der Waals surface area contributed by atoms with Crippen LogP contribution in [0.25, 0.3) is 10.9 Å². The quantitative estimate of drug-likeness (QED) is 0.761. The van der Waals surface area contributed by atoms with Gasteiger partial charge in [0.15, 0.2) is 5.82 Å². The summed E-state index contributed by atoms with van der Waals surface area (Å²) in [5.74, 6) is 0.0925. The van der Waals surface area contributed by atoms with Crippen molar-refractivity contribution in [2.24, 2.45) is 0 Å². The average molecular weight is 257 g/mol. The third kappa shape index (κ3) is 2.01. The second-order valence-corrected chi connectivity index (χ2v) is 4.36. The molecule has 2 aromatic heterocycles. The zero-order valence-electron chi connectivity index (χ0n) is 10.3. The van der Waals surface area contributed by atoms with E-state index < -0.39 is 0 Å². The molecule has 5 nitrogen and oxygen atoms in total. The van der Waals surface area contributed by atoms with Crippen molar-refractivity contribution in [3.63, 3.8) is 0 Å². The molecule has 0 spiro atoms. The zero-order valence-corrected chi connectivity index (χ0v) is 10.3. The largest absolute Gasteiger partial charge is 0.381 e. The van der Waals surface area contributed by atoms with Gasteiger partial charge >= 0.3 is 0 Å². The van der Waals surface area contributed by atoms with E-state index in [-0.39, 0.29) is 5.82 Å². The van der Waals surface area contributed by atoms with Gasteiger partial charge in [0.05, 0.1) is 17.8 Å². The SMILES string of the molecule is Cc1c(N)nnn1Cc1cc(F)cc2cccnc12. The van der Waals surface area contributed by atoms with Crippen LogP contribution in [0.15, 0.2) is 30.5 Å². The number of nitrogen functional groups attached to an aromatic ring is 1. The number of hydrogen-bond acceptors (Lipinski definition) is 4. The maximum Gasteiger partial charge on any atom is 0.168 e. The summed E-state index contributed by atoms with van der Waals surface area (Å²) in [6, 6.07) is 6.54. The second kappa shape index (κ2) is 4.31. The Bertz CT molecular complexity index is 750. The Morgan fingerprint density at radius 3 is 2.95 bits per heavy atom. The number of pyridine rings is 1. The van der Waals surface area contributed by atoms with Crippen molar-refractivity contribution >= 4 is 16.7 Å². The molecule has 2 heterocycles. The maximum absolute atomic E-state index is 13.6. The molecule has 0 aliphatic rings. The average Bonchev–Trinajstić information content (AvgIpc) is 2.70. The number of fused-ring (bicyclic) bond motifs is 1. The van der Waals surface area contributed by atoms with Crippen molar-refractivity contribution in [1.29, 1.82) is 0 Å². The van der Waals surface area contributed by atoms with Gasteiger partial charge in [-0.25, -0.2) is 9.07 Å². The molecular weight excluding hydrogens is 245 g/mol. The topological polar surface area (TPSA) is 69.6 Å². The molecule has 0 saturated heterocycles. The Morgan fingerprint density at radius 2 is 2.21 bits per heavy atom. The fraction of sp³-hybridized carbons (Fsp3) is 0.154. The zero-order chi connectivity index (χ0) is 13.4. The monoisotopic (exact) mass is 257 g/mol. The molecule has 0 bridgehead atoms. The number of halogens is 1. The van der Waals surface area contributed by atoms with Crippen molar-refractivity contribution in [2.75, 3.05) is 5.73 Å².